The molecule has 2 aliphatic rings. The Bertz CT molecular complexity index is 934. The Hall–Kier alpha value is -1.69. The first-order chi connectivity index (χ1) is 15.4. The van der Waals surface area contributed by atoms with Gasteiger partial charge in [0.15, 0.2) is 0 Å². The fourth-order valence-electron chi connectivity index (χ4n) is 4.98. The van der Waals surface area contributed by atoms with Crippen molar-refractivity contribution in [2.24, 2.45) is 11.8 Å². The number of hydrogen-bond acceptors (Lipinski definition) is 4. The standard InChI is InChI=1S/C26H34ClN3OS/c1-19-6-4-5-7-25(19)32-30-16-12-21(13-17-30)20-10-14-29(15-11-20)22-8-9-23(24(27)18-22)26(31)28(2)3/h4-9,18,20-21H,10-17H2,1-3H3. The van der Waals surface area contributed by atoms with E-state index in [9.17, 15) is 4.79 Å². The van der Waals surface area contributed by atoms with Crippen LogP contribution in [0.5, 0.6) is 0 Å². The van der Waals surface area contributed by atoms with Gasteiger partial charge in [0.25, 0.3) is 5.91 Å². The zero-order chi connectivity index (χ0) is 22.7. The van der Waals surface area contributed by atoms with Crippen molar-refractivity contribution in [3.63, 3.8) is 0 Å². The predicted molar refractivity (Wildman–Crippen MR) is 136 cm³/mol. The fraction of sp³-hybridized carbons (Fsp3) is 0.500. The Balaban J connectivity index is 1.27. The molecule has 2 heterocycles. The number of piperidine rings is 2. The van der Waals surface area contributed by atoms with Crippen LogP contribution < -0.4 is 4.90 Å². The summed E-state index contributed by atoms with van der Waals surface area (Å²) in [6.07, 6.45) is 5.09. The molecule has 0 spiro atoms. The first-order valence-corrected chi connectivity index (χ1v) is 12.8. The second-order valence-corrected chi connectivity index (χ2v) is 10.9. The van der Waals surface area contributed by atoms with E-state index in [2.05, 4.69) is 40.4 Å². The average Bonchev–Trinajstić information content (AvgIpc) is 2.81. The second kappa shape index (κ2) is 10.5. The molecule has 0 atom stereocenters. The minimum Gasteiger partial charge on any atom is -0.371 e. The zero-order valence-corrected chi connectivity index (χ0v) is 21.0. The highest BCUT2D eigenvalue weighted by atomic mass is 35.5. The molecule has 4 nitrogen and oxygen atoms in total. The Morgan fingerprint density at radius 1 is 0.969 bits per heavy atom. The maximum atomic E-state index is 12.2. The molecule has 2 aromatic rings. The highest BCUT2D eigenvalue weighted by molar-refractivity contribution is 7.97. The van der Waals surface area contributed by atoms with Crippen LogP contribution in [0.25, 0.3) is 0 Å². The SMILES string of the molecule is Cc1ccccc1SN1CCC(C2CCN(c3ccc(C(=O)N(C)C)c(Cl)c3)CC2)CC1. The van der Waals surface area contributed by atoms with Crippen LogP contribution in [0.3, 0.4) is 0 Å². The number of carbonyl (C=O) groups excluding carboxylic acids is 1. The summed E-state index contributed by atoms with van der Waals surface area (Å²) in [5.41, 5.74) is 3.07. The summed E-state index contributed by atoms with van der Waals surface area (Å²) < 4.78 is 2.55. The molecular formula is C26H34ClN3OS. The van der Waals surface area contributed by atoms with E-state index < -0.39 is 0 Å². The van der Waals surface area contributed by atoms with Crippen LogP contribution in [0.15, 0.2) is 47.4 Å². The average molecular weight is 472 g/mol. The van der Waals surface area contributed by atoms with Crippen molar-refractivity contribution in [1.29, 1.82) is 0 Å². The monoisotopic (exact) mass is 471 g/mol. The lowest BCUT2D eigenvalue weighted by Crippen LogP contribution is -2.39. The predicted octanol–water partition coefficient (Wildman–Crippen LogP) is 5.99. The lowest BCUT2D eigenvalue weighted by molar-refractivity contribution is 0.0828. The van der Waals surface area contributed by atoms with E-state index >= 15 is 0 Å². The molecule has 2 aliphatic heterocycles. The topological polar surface area (TPSA) is 26.8 Å². The summed E-state index contributed by atoms with van der Waals surface area (Å²) >= 11 is 8.37. The fourth-order valence-corrected chi connectivity index (χ4v) is 6.26. The third kappa shape index (κ3) is 5.44. The first kappa shape index (κ1) is 23.5. The van der Waals surface area contributed by atoms with Crippen LogP contribution in [0.4, 0.5) is 5.69 Å². The Morgan fingerprint density at radius 3 is 2.19 bits per heavy atom. The Labute approximate surface area is 202 Å². The van der Waals surface area contributed by atoms with Crippen LogP contribution in [0.1, 0.15) is 41.6 Å². The number of amides is 1. The number of anilines is 1. The van der Waals surface area contributed by atoms with Crippen LogP contribution >= 0.6 is 23.5 Å². The third-order valence-electron chi connectivity index (χ3n) is 6.98. The van der Waals surface area contributed by atoms with Gasteiger partial charge >= 0.3 is 0 Å². The van der Waals surface area contributed by atoms with Crippen molar-refractivity contribution < 1.29 is 4.79 Å². The van der Waals surface area contributed by atoms with E-state index in [0.717, 1.165) is 30.6 Å². The molecular weight excluding hydrogens is 438 g/mol. The Morgan fingerprint density at radius 2 is 1.59 bits per heavy atom. The molecule has 0 saturated carbocycles. The molecule has 2 saturated heterocycles. The molecule has 0 N–H and O–H groups in total. The smallest absolute Gasteiger partial charge is 0.254 e. The van der Waals surface area contributed by atoms with Crippen LogP contribution in [-0.4, -0.2) is 55.4 Å². The molecule has 172 valence electrons. The first-order valence-electron chi connectivity index (χ1n) is 11.7. The highest BCUT2D eigenvalue weighted by Gasteiger charge is 2.30. The lowest BCUT2D eigenvalue weighted by Gasteiger charge is -2.40. The van der Waals surface area contributed by atoms with Crippen molar-refractivity contribution in [3.8, 4) is 0 Å². The molecule has 0 aliphatic carbocycles. The number of hydrogen-bond donors (Lipinski definition) is 0. The van der Waals surface area contributed by atoms with Crippen molar-refractivity contribution in [2.45, 2.75) is 37.5 Å². The number of halogens is 1. The van der Waals surface area contributed by atoms with E-state index in [0.29, 0.717) is 10.6 Å². The van der Waals surface area contributed by atoms with Gasteiger partial charge in [0.1, 0.15) is 0 Å². The third-order valence-corrected chi connectivity index (χ3v) is 8.57. The minimum atomic E-state index is -0.0489. The van der Waals surface area contributed by atoms with Crippen LogP contribution in [0, 0.1) is 18.8 Å². The van der Waals surface area contributed by atoms with Gasteiger partial charge in [-0.05, 0) is 86.2 Å². The van der Waals surface area contributed by atoms with Gasteiger partial charge in [0.2, 0.25) is 0 Å². The molecule has 4 rings (SSSR count). The zero-order valence-electron chi connectivity index (χ0n) is 19.4. The summed E-state index contributed by atoms with van der Waals surface area (Å²) in [6, 6.07) is 14.6. The molecule has 0 radical (unpaired) electrons. The number of carbonyl (C=O) groups is 1. The normalized spacial score (nSPS) is 18.7. The van der Waals surface area contributed by atoms with Gasteiger partial charge in [-0.15, -0.1) is 0 Å². The number of nitrogens with zero attached hydrogens (tertiary/aromatic N) is 3. The van der Waals surface area contributed by atoms with Gasteiger partial charge < -0.3 is 9.80 Å². The van der Waals surface area contributed by atoms with Crippen LogP contribution in [-0.2, 0) is 0 Å². The molecule has 32 heavy (non-hydrogen) atoms. The molecule has 0 aromatic heterocycles. The molecule has 0 bridgehead atoms. The molecule has 1 amide bonds. The van der Waals surface area contributed by atoms with Gasteiger partial charge in [-0.1, -0.05) is 29.8 Å². The largest absolute Gasteiger partial charge is 0.371 e. The van der Waals surface area contributed by atoms with Gasteiger partial charge in [0, 0.05) is 50.9 Å². The molecule has 0 unspecified atom stereocenters. The minimum absolute atomic E-state index is 0.0489. The van der Waals surface area contributed by atoms with Gasteiger partial charge in [0.05, 0.1) is 10.6 Å². The van der Waals surface area contributed by atoms with E-state index in [4.69, 9.17) is 11.6 Å². The molecule has 2 fully saturated rings. The number of benzene rings is 2. The maximum absolute atomic E-state index is 12.2. The van der Waals surface area contributed by atoms with Gasteiger partial charge in [-0.2, -0.15) is 0 Å². The van der Waals surface area contributed by atoms with Crippen LogP contribution in [0.2, 0.25) is 5.02 Å². The number of aryl methyl sites for hydroxylation is 1. The van der Waals surface area contributed by atoms with E-state index in [1.54, 1.807) is 19.0 Å². The second-order valence-electron chi connectivity index (χ2n) is 9.31. The van der Waals surface area contributed by atoms with E-state index in [-0.39, 0.29) is 5.91 Å². The molecule has 6 heteroatoms. The summed E-state index contributed by atoms with van der Waals surface area (Å²) in [6.45, 7) is 6.70. The summed E-state index contributed by atoms with van der Waals surface area (Å²) in [7, 11) is 3.51. The van der Waals surface area contributed by atoms with Gasteiger partial charge in [-0.25, -0.2) is 4.31 Å². The van der Waals surface area contributed by atoms with Crippen molar-refractivity contribution in [1.82, 2.24) is 9.21 Å². The number of rotatable bonds is 5. The summed E-state index contributed by atoms with van der Waals surface area (Å²) in [4.78, 5) is 17.6. The van der Waals surface area contributed by atoms with E-state index in [1.165, 1.54) is 49.2 Å². The lowest BCUT2D eigenvalue weighted by atomic mass is 9.79. The van der Waals surface area contributed by atoms with Crippen molar-refractivity contribution in [2.75, 3.05) is 45.2 Å². The van der Waals surface area contributed by atoms with Crippen molar-refractivity contribution in [3.05, 3.63) is 58.6 Å². The quantitative estimate of drug-likeness (QED) is 0.500. The molecule has 2 aromatic carbocycles. The highest BCUT2D eigenvalue weighted by Crippen LogP contribution is 2.37. The maximum Gasteiger partial charge on any atom is 0.254 e. The van der Waals surface area contributed by atoms with Gasteiger partial charge in [-0.3, -0.25) is 4.79 Å². The Kier molecular flexibility index (Phi) is 7.70. The summed E-state index contributed by atoms with van der Waals surface area (Å²) in [5, 5.41) is 0.543. The van der Waals surface area contributed by atoms with Crippen molar-refractivity contribution >= 4 is 35.1 Å². The summed E-state index contributed by atoms with van der Waals surface area (Å²) in [5.74, 6) is 1.61. The van der Waals surface area contributed by atoms with E-state index in [1.807, 2.05) is 30.1 Å².